The molecule has 1 nitrogen and oxygen atoms in total. The van der Waals surface area contributed by atoms with Gasteiger partial charge in [-0.25, -0.2) is 0 Å². The smallest absolute Gasteiger partial charge is 0.0352 e. The topological polar surface area (TPSA) is 3.24 Å². The van der Waals surface area contributed by atoms with E-state index < -0.39 is 0 Å². The summed E-state index contributed by atoms with van der Waals surface area (Å²) in [7, 11) is 2.14. The molecule has 1 heterocycles. The van der Waals surface area contributed by atoms with E-state index in [2.05, 4.69) is 31.5 Å². The van der Waals surface area contributed by atoms with Crippen LogP contribution in [0.2, 0.25) is 0 Å². The molecule has 0 saturated heterocycles. The van der Waals surface area contributed by atoms with E-state index >= 15 is 0 Å². The normalized spacial score (nSPS) is 19.0. The summed E-state index contributed by atoms with van der Waals surface area (Å²) in [6.45, 7) is 7.05. The lowest BCUT2D eigenvalue weighted by Gasteiger charge is -2.27. The molecule has 0 unspecified atom stereocenters. The predicted molar refractivity (Wildman–Crippen MR) is 53.9 cm³/mol. The van der Waals surface area contributed by atoms with E-state index in [-0.39, 0.29) is 0 Å². The second kappa shape index (κ2) is 4.15. The highest BCUT2D eigenvalue weighted by molar-refractivity contribution is 5.26. The van der Waals surface area contributed by atoms with Crippen LogP contribution < -0.4 is 0 Å². The molecule has 0 aromatic heterocycles. The minimum atomic E-state index is 1.17. The van der Waals surface area contributed by atoms with Crippen molar-refractivity contribution in [1.29, 1.82) is 0 Å². The van der Waals surface area contributed by atoms with Crippen LogP contribution in [0.3, 0.4) is 0 Å². The van der Waals surface area contributed by atoms with Crippen LogP contribution in [-0.4, -0.2) is 18.5 Å². The van der Waals surface area contributed by atoms with Gasteiger partial charge in [0, 0.05) is 19.3 Å². The first-order chi connectivity index (χ1) is 5.75. The fourth-order valence-electron chi connectivity index (χ4n) is 1.58. The molecule has 0 aromatic carbocycles. The zero-order valence-electron chi connectivity index (χ0n) is 8.01. The second-order valence-corrected chi connectivity index (χ2v) is 3.29. The first-order valence-corrected chi connectivity index (χ1v) is 4.45. The van der Waals surface area contributed by atoms with Gasteiger partial charge < -0.3 is 4.90 Å². The Kier molecular flexibility index (Phi) is 3.15. The number of nitrogens with zero attached hydrogens (tertiary/aromatic N) is 1. The van der Waals surface area contributed by atoms with Gasteiger partial charge in [-0.3, -0.25) is 0 Å². The Morgan fingerprint density at radius 1 is 1.50 bits per heavy atom. The first kappa shape index (κ1) is 9.11. The summed E-state index contributed by atoms with van der Waals surface area (Å²) in [4.78, 5) is 2.30. The third-order valence-corrected chi connectivity index (χ3v) is 2.28. The Balaban J connectivity index is 2.80. The molecule has 0 fully saturated rings. The van der Waals surface area contributed by atoms with Gasteiger partial charge in [0.25, 0.3) is 0 Å². The van der Waals surface area contributed by atoms with Gasteiger partial charge in [0.05, 0.1) is 0 Å². The highest BCUT2D eigenvalue weighted by atomic mass is 15.1. The molecule has 0 N–H and O–H groups in total. The van der Waals surface area contributed by atoms with Gasteiger partial charge in [-0.1, -0.05) is 18.7 Å². The molecule has 12 heavy (non-hydrogen) atoms. The van der Waals surface area contributed by atoms with Crippen molar-refractivity contribution in [2.75, 3.05) is 13.6 Å². The first-order valence-electron chi connectivity index (χ1n) is 4.45. The van der Waals surface area contributed by atoms with Crippen LogP contribution in [-0.2, 0) is 0 Å². The number of hydrogen-bond acceptors (Lipinski definition) is 1. The Morgan fingerprint density at radius 2 is 2.25 bits per heavy atom. The van der Waals surface area contributed by atoms with Gasteiger partial charge >= 0.3 is 0 Å². The number of hydrogen-bond donors (Lipinski definition) is 0. The Labute approximate surface area is 75.1 Å². The highest BCUT2D eigenvalue weighted by Gasteiger charge is 2.10. The highest BCUT2D eigenvalue weighted by Crippen LogP contribution is 2.20. The number of likely N-dealkylation sites (N-methyl/N-ethyl adjacent to an activating group) is 1. The molecular formula is C11H17N. The zero-order valence-corrected chi connectivity index (χ0v) is 8.01. The summed E-state index contributed by atoms with van der Waals surface area (Å²) in [6.07, 6.45) is 8.49. The summed E-state index contributed by atoms with van der Waals surface area (Å²) in [5.41, 5.74) is 2.85. The Bertz CT molecular complexity index is 223. The van der Waals surface area contributed by atoms with Crippen LogP contribution in [0.1, 0.15) is 19.8 Å². The summed E-state index contributed by atoms with van der Waals surface area (Å²) in [6, 6.07) is 0. The summed E-state index contributed by atoms with van der Waals surface area (Å²) in [5, 5.41) is 0. The molecule has 0 spiro atoms. The van der Waals surface area contributed by atoms with E-state index in [9.17, 15) is 0 Å². The van der Waals surface area contributed by atoms with E-state index in [4.69, 9.17) is 0 Å². The quantitative estimate of drug-likeness (QED) is 0.566. The maximum absolute atomic E-state index is 3.67. The third kappa shape index (κ3) is 2.00. The monoisotopic (exact) mass is 163 g/mol. The van der Waals surface area contributed by atoms with Crippen molar-refractivity contribution in [2.24, 2.45) is 0 Å². The molecule has 0 atom stereocenters. The van der Waals surface area contributed by atoms with Crippen LogP contribution in [0, 0.1) is 0 Å². The maximum atomic E-state index is 3.67. The minimum absolute atomic E-state index is 1.17. The summed E-state index contributed by atoms with van der Waals surface area (Å²) in [5.74, 6) is 0. The van der Waals surface area contributed by atoms with Gasteiger partial charge in [-0.2, -0.15) is 0 Å². The van der Waals surface area contributed by atoms with Crippen LogP contribution in [0.15, 0.2) is 36.1 Å². The molecule has 0 radical (unpaired) electrons. The lowest BCUT2D eigenvalue weighted by Crippen LogP contribution is -2.23. The number of rotatable bonds is 2. The standard InChI is InChI=1S/C11H17N/c1-4-5-8-11-10(2)7-6-9-12(11)3/h4-5,8H,1,6-7,9H2,2-3H3/b8-5-. The van der Waals surface area contributed by atoms with E-state index in [1.165, 1.54) is 30.7 Å². The third-order valence-electron chi connectivity index (χ3n) is 2.28. The van der Waals surface area contributed by atoms with Crippen LogP contribution in [0.25, 0.3) is 0 Å². The van der Waals surface area contributed by atoms with E-state index in [0.717, 1.165) is 0 Å². The SMILES string of the molecule is C=C/C=C\C1=C(C)CCCN1C. The van der Waals surface area contributed by atoms with Crippen molar-refractivity contribution in [3.8, 4) is 0 Å². The molecule has 1 heteroatoms. The molecular weight excluding hydrogens is 146 g/mol. The molecule has 1 rings (SSSR count). The van der Waals surface area contributed by atoms with Gasteiger partial charge in [0.15, 0.2) is 0 Å². The maximum Gasteiger partial charge on any atom is 0.0352 e. The van der Waals surface area contributed by atoms with Crippen molar-refractivity contribution in [2.45, 2.75) is 19.8 Å². The van der Waals surface area contributed by atoms with Crippen LogP contribution in [0.4, 0.5) is 0 Å². The lowest BCUT2D eigenvalue weighted by atomic mass is 10.0. The van der Waals surface area contributed by atoms with Gasteiger partial charge in [-0.15, -0.1) is 0 Å². The van der Waals surface area contributed by atoms with Crippen LogP contribution in [0.5, 0.6) is 0 Å². The Morgan fingerprint density at radius 3 is 2.83 bits per heavy atom. The summed E-state index contributed by atoms with van der Waals surface area (Å²) < 4.78 is 0. The average Bonchev–Trinajstić information content (AvgIpc) is 2.04. The summed E-state index contributed by atoms with van der Waals surface area (Å²) >= 11 is 0. The molecule has 0 bridgehead atoms. The van der Waals surface area contributed by atoms with Crippen molar-refractivity contribution in [3.05, 3.63) is 36.1 Å². The van der Waals surface area contributed by atoms with Crippen LogP contribution >= 0.6 is 0 Å². The molecule has 0 aliphatic carbocycles. The van der Waals surface area contributed by atoms with Gasteiger partial charge in [0.1, 0.15) is 0 Å². The largest absolute Gasteiger partial charge is 0.375 e. The van der Waals surface area contributed by atoms with Crippen molar-refractivity contribution >= 4 is 0 Å². The van der Waals surface area contributed by atoms with Gasteiger partial charge in [0.2, 0.25) is 0 Å². The molecule has 66 valence electrons. The predicted octanol–water partition coefficient (Wildman–Crippen LogP) is 2.73. The fourth-order valence-corrected chi connectivity index (χ4v) is 1.58. The average molecular weight is 163 g/mol. The fraction of sp³-hybridized carbons (Fsp3) is 0.455. The number of allylic oxidation sites excluding steroid dienone is 4. The molecule has 0 saturated carbocycles. The molecule has 0 amide bonds. The minimum Gasteiger partial charge on any atom is -0.375 e. The van der Waals surface area contributed by atoms with Crippen molar-refractivity contribution in [1.82, 2.24) is 4.90 Å². The van der Waals surface area contributed by atoms with E-state index in [1.54, 1.807) is 0 Å². The Hall–Kier alpha value is -0.980. The van der Waals surface area contributed by atoms with E-state index in [0.29, 0.717) is 0 Å². The van der Waals surface area contributed by atoms with Crippen molar-refractivity contribution < 1.29 is 0 Å². The van der Waals surface area contributed by atoms with Crippen molar-refractivity contribution in [3.63, 3.8) is 0 Å². The molecule has 0 aromatic rings. The van der Waals surface area contributed by atoms with E-state index in [1.807, 2.05) is 12.2 Å². The molecule has 1 aliphatic rings. The second-order valence-electron chi connectivity index (χ2n) is 3.29. The molecule has 1 aliphatic heterocycles. The lowest BCUT2D eigenvalue weighted by molar-refractivity contribution is 0.391. The zero-order chi connectivity index (χ0) is 8.97. The van der Waals surface area contributed by atoms with Gasteiger partial charge in [-0.05, 0) is 31.4 Å².